The molecule has 1 aromatic rings. The number of alkyl halides is 3. The SMILES string of the molecule is CS(=O)(=O)N1CCCC(C(=O)N2CCCN(c3ccc(C(F)(F)F)cn3)CC2)C1. The molecule has 0 spiro atoms. The number of pyridine rings is 1. The number of aromatic nitrogens is 1. The van der Waals surface area contributed by atoms with Gasteiger partial charge in [0, 0.05) is 45.5 Å². The summed E-state index contributed by atoms with van der Waals surface area (Å²) in [6.07, 6.45) is -0.472. The van der Waals surface area contributed by atoms with Crippen molar-refractivity contribution in [2.45, 2.75) is 25.4 Å². The van der Waals surface area contributed by atoms with E-state index in [4.69, 9.17) is 0 Å². The summed E-state index contributed by atoms with van der Waals surface area (Å²) >= 11 is 0. The second-order valence-electron chi connectivity index (χ2n) is 7.53. The van der Waals surface area contributed by atoms with Crippen LogP contribution in [-0.2, 0) is 21.0 Å². The lowest BCUT2D eigenvalue weighted by atomic mass is 9.98. The molecule has 3 heterocycles. The van der Waals surface area contributed by atoms with Gasteiger partial charge < -0.3 is 9.80 Å². The molecule has 0 aromatic carbocycles. The molecule has 0 N–H and O–H groups in total. The van der Waals surface area contributed by atoms with Crippen LogP contribution in [0.5, 0.6) is 0 Å². The van der Waals surface area contributed by atoms with Gasteiger partial charge in [0.15, 0.2) is 0 Å². The largest absolute Gasteiger partial charge is 0.417 e. The minimum Gasteiger partial charge on any atom is -0.355 e. The lowest BCUT2D eigenvalue weighted by Gasteiger charge is -2.33. The van der Waals surface area contributed by atoms with Crippen molar-refractivity contribution in [2.75, 3.05) is 50.4 Å². The zero-order valence-electron chi connectivity index (χ0n) is 16.2. The number of carbonyl (C=O) groups excluding carboxylic acids is 1. The van der Waals surface area contributed by atoms with Gasteiger partial charge in [-0.25, -0.2) is 17.7 Å². The molecule has 7 nitrogen and oxygen atoms in total. The van der Waals surface area contributed by atoms with Crippen molar-refractivity contribution >= 4 is 21.7 Å². The maximum atomic E-state index is 12.9. The van der Waals surface area contributed by atoms with Crippen LogP contribution < -0.4 is 4.90 Å². The number of halogens is 3. The molecule has 2 aliphatic heterocycles. The van der Waals surface area contributed by atoms with Crippen LogP contribution in [-0.4, -0.2) is 74.0 Å². The van der Waals surface area contributed by atoms with Crippen molar-refractivity contribution in [3.63, 3.8) is 0 Å². The Morgan fingerprint density at radius 1 is 1.10 bits per heavy atom. The Morgan fingerprint density at radius 3 is 2.48 bits per heavy atom. The summed E-state index contributed by atoms with van der Waals surface area (Å²) in [5.74, 6) is 0.0445. The van der Waals surface area contributed by atoms with E-state index in [9.17, 15) is 26.4 Å². The second kappa shape index (κ2) is 8.47. The molecule has 1 unspecified atom stereocenters. The summed E-state index contributed by atoms with van der Waals surface area (Å²) in [5, 5.41) is 0. The maximum absolute atomic E-state index is 12.9. The maximum Gasteiger partial charge on any atom is 0.417 e. The Kier molecular flexibility index (Phi) is 6.37. The summed E-state index contributed by atoms with van der Waals surface area (Å²) in [4.78, 5) is 20.5. The predicted molar refractivity (Wildman–Crippen MR) is 102 cm³/mol. The zero-order valence-corrected chi connectivity index (χ0v) is 17.0. The van der Waals surface area contributed by atoms with Crippen molar-refractivity contribution in [2.24, 2.45) is 5.92 Å². The molecule has 0 saturated carbocycles. The van der Waals surface area contributed by atoms with Gasteiger partial charge in [-0.15, -0.1) is 0 Å². The van der Waals surface area contributed by atoms with Crippen molar-refractivity contribution in [1.82, 2.24) is 14.2 Å². The summed E-state index contributed by atoms with van der Waals surface area (Å²) in [6.45, 7) is 2.66. The van der Waals surface area contributed by atoms with E-state index in [0.717, 1.165) is 18.5 Å². The molecule has 162 valence electrons. The van der Waals surface area contributed by atoms with Crippen molar-refractivity contribution in [3.8, 4) is 0 Å². The number of carbonyl (C=O) groups is 1. The van der Waals surface area contributed by atoms with Crippen molar-refractivity contribution in [3.05, 3.63) is 23.9 Å². The van der Waals surface area contributed by atoms with E-state index in [1.54, 1.807) is 4.90 Å². The fourth-order valence-electron chi connectivity index (χ4n) is 3.81. The summed E-state index contributed by atoms with van der Waals surface area (Å²) in [7, 11) is -3.32. The smallest absolute Gasteiger partial charge is 0.355 e. The van der Waals surface area contributed by atoms with Crippen LogP contribution >= 0.6 is 0 Å². The van der Waals surface area contributed by atoms with Crippen LogP contribution in [0.25, 0.3) is 0 Å². The Morgan fingerprint density at radius 2 is 1.86 bits per heavy atom. The van der Waals surface area contributed by atoms with Crippen LogP contribution in [0.3, 0.4) is 0 Å². The molecule has 1 amide bonds. The fourth-order valence-corrected chi connectivity index (χ4v) is 4.72. The van der Waals surface area contributed by atoms with Crippen LogP contribution in [0, 0.1) is 5.92 Å². The first-order chi connectivity index (χ1) is 13.6. The van der Waals surface area contributed by atoms with Gasteiger partial charge in [-0.2, -0.15) is 13.2 Å². The minimum atomic E-state index is -4.42. The number of anilines is 1. The van der Waals surface area contributed by atoms with Gasteiger partial charge in [0.05, 0.1) is 17.7 Å². The molecule has 3 rings (SSSR count). The number of sulfonamides is 1. The third-order valence-corrected chi connectivity index (χ3v) is 6.68. The van der Waals surface area contributed by atoms with Crippen LogP contribution in [0.2, 0.25) is 0 Å². The number of piperidine rings is 1. The third-order valence-electron chi connectivity index (χ3n) is 5.41. The molecule has 2 aliphatic rings. The van der Waals surface area contributed by atoms with Gasteiger partial charge in [-0.05, 0) is 31.4 Å². The lowest BCUT2D eigenvalue weighted by Crippen LogP contribution is -2.47. The van der Waals surface area contributed by atoms with E-state index < -0.39 is 21.8 Å². The normalized spacial score (nSPS) is 22.4. The summed E-state index contributed by atoms with van der Waals surface area (Å²) in [5.41, 5.74) is -0.791. The van der Waals surface area contributed by atoms with Gasteiger partial charge in [0.25, 0.3) is 0 Å². The van der Waals surface area contributed by atoms with E-state index in [0.29, 0.717) is 57.8 Å². The van der Waals surface area contributed by atoms with E-state index in [1.807, 2.05) is 4.90 Å². The first-order valence-electron chi connectivity index (χ1n) is 9.58. The number of nitrogens with zero attached hydrogens (tertiary/aromatic N) is 4. The molecular weight excluding hydrogens is 409 g/mol. The number of hydrogen-bond donors (Lipinski definition) is 0. The average molecular weight is 434 g/mol. The fraction of sp³-hybridized carbons (Fsp3) is 0.667. The zero-order chi connectivity index (χ0) is 21.2. The van der Waals surface area contributed by atoms with E-state index in [-0.39, 0.29) is 18.4 Å². The Hall–Kier alpha value is -1.88. The highest BCUT2D eigenvalue weighted by molar-refractivity contribution is 7.88. The molecule has 0 aliphatic carbocycles. The van der Waals surface area contributed by atoms with Gasteiger partial charge in [-0.3, -0.25) is 4.79 Å². The molecule has 2 fully saturated rings. The van der Waals surface area contributed by atoms with Crippen molar-refractivity contribution in [1.29, 1.82) is 0 Å². The molecule has 2 saturated heterocycles. The van der Waals surface area contributed by atoms with Crippen LogP contribution in [0.4, 0.5) is 19.0 Å². The van der Waals surface area contributed by atoms with Gasteiger partial charge in [0.2, 0.25) is 15.9 Å². The molecule has 11 heteroatoms. The van der Waals surface area contributed by atoms with Gasteiger partial charge in [0.1, 0.15) is 5.82 Å². The number of rotatable bonds is 3. The van der Waals surface area contributed by atoms with E-state index in [2.05, 4.69) is 4.98 Å². The monoisotopic (exact) mass is 434 g/mol. The highest BCUT2D eigenvalue weighted by atomic mass is 32.2. The molecule has 0 radical (unpaired) electrons. The van der Waals surface area contributed by atoms with Gasteiger partial charge >= 0.3 is 6.18 Å². The predicted octanol–water partition coefficient (Wildman–Crippen LogP) is 1.81. The molecule has 1 atom stereocenters. The van der Waals surface area contributed by atoms with Crippen LogP contribution in [0.1, 0.15) is 24.8 Å². The molecule has 0 bridgehead atoms. The molecule has 29 heavy (non-hydrogen) atoms. The van der Waals surface area contributed by atoms with E-state index >= 15 is 0 Å². The summed E-state index contributed by atoms with van der Waals surface area (Å²) in [6, 6.07) is 2.36. The number of amides is 1. The highest BCUT2D eigenvalue weighted by Gasteiger charge is 2.34. The Balaban J connectivity index is 1.61. The molecule has 1 aromatic heterocycles. The number of hydrogen-bond acceptors (Lipinski definition) is 5. The topological polar surface area (TPSA) is 73.8 Å². The van der Waals surface area contributed by atoms with Crippen molar-refractivity contribution < 1.29 is 26.4 Å². The van der Waals surface area contributed by atoms with E-state index in [1.165, 1.54) is 10.4 Å². The lowest BCUT2D eigenvalue weighted by molar-refractivity contribution is -0.138. The summed E-state index contributed by atoms with van der Waals surface area (Å²) < 4.78 is 63.1. The standard InChI is InChI=1S/C18H25F3N4O3S/c1-29(27,28)25-9-2-4-14(13-25)17(26)24-8-3-7-23(10-11-24)16-6-5-15(12-22-16)18(19,20)21/h5-6,12,14H,2-4,7-11,13H2,1H3. The first kappa shape index (κ1) is 21.8. The van der Waals surface area contributed by atoms with Crippen LogP contribution in [0.15, 0.2) is 18.3 Å². The Bertz CT molecular complexity index is 830. The minimum absolute atomic E-state index is 0.0550. The quantitative estimate of drug-likeness (QED) is 0.726. The molecular formula is C18H25F3N4O3S. The average Bonchev–Trinajstić information content (AvgIpc) is 2.92. The third kappa shape index (κ3) is 5.39. The first-order valence-corrected chi connectivity index (χ1v) is 11.4. The highest BCUT2D eigenvalue weighted by Crippen LogP contribution is 2.29. The van der Waals surface area contributed by atoms with Gasteiger partial charge in [-0.1, -0.05) is 0 Å². The second-order valence-corrected chi connectivity index (χ2v) is 9.51. The Labute approximate surface area is 168 Å².